The van der Waals surface area contributed by atoms with Crippen LogP contribution in [0.5, 0.6) is 0 Å². The SMILES string of the molecule is CCc1ccc2c3c(cc(C)c2c1)C(C)(C)c1cc(C)c(CC)cc1-3. The van der Waals surface area contributed by atoms with Crippen LogP contribution in [0.3, 0.4) is 0 Å². The van der Waals surface area contributed by atoms with E-state index in [9.17, 15) is 0 Å². The molecule has 0 saturated heterocycles. The van der Waals surface area contributed by atoms with E-state index in [1.54, 1.807) is 0 Å². The van der Waals surface area contributed by atoms with Crippen LogP contribution in [0.1, 0.15) is 61.1 Å². The first kappa shape index (κ1) is 16.4. The molecule has 0 saturated carbocycles. The summed E-state index contributed by atoms with van der Waals surface area (Å²) in [5.41, 5.74) is 11.7. The first-order valence-corrected chi connectivity index (χ1v) is 9.59. The lowest BCUT2D eigenvalue weighted by molar-refractivity contribution is 0.659. The van der Waals surface area contributed by atoms with Crippen LogP contribution in [0.15, 0.2) is 36.4 Å². The Morgan fingerprint density at radius 2 is 1.48 bits per heavy atom. The van der Waals surface area contributed by atoms with Gasteiger partial charge in [-0.05, 0) is 82.0 Å². The fraction of sp³-hybridized carbons (Fsp3) is 0.360. The summed E-state index contributed by atoms with van der Waals surface area (Å²) in [6.07, 6.45) is 2.19. The Morgan fingerprint density at radius 3 is 2.16 bits per heavy atom. The summed E-state index contributed by atoms with van der Waals surface area (Å²) in [6, 6.07) is 14.4. The average molecular weight is 328 g/mol. The third kappa shape index (κ3) is 2.20. The van der Waals surface area contributed by atoms with Gasteiger partial charge in [0.1, 0.15) is 0 Å². The van der Waals surface area contributed by atoms with Gasteiger partial charge in [-0.2, -0.15) is 0 Å². The maximum absolute atomic E-state index is 2.46. The van der Waals surface area contributed by atoms with Gasteiger partial charge < -0.3 is 0 Å². The highest BCUT2D eigenvalue weighted by Crippen LogP contribution is 2.52. The van der Waals surface area contributed by atoms with Crippen LogP contribution in [0.25, 0.3) is 21.9 Å². The number of rotatable bonds is 2. The first-order valence-electron chi connectivity index (χ1n) is 9.59. The second kappa shape index (κ2) is 5.46. The molecule has 0 amide bonds. The highest BCUT2D eigenvalue weighted by atomic mass is 14.4. The number of hydrogen-bond donors (Lipinski definition) is 0. The molecule has 0 N–H and O–H groups in total. The first-order chi connectivity index (χ1) is 11.9. The van der Waals surface area contributed by atoms with Crippen LogP contribution >= 0.6 is 0 Å². The summed E-state index contributed by atoms with van der Waals surface area (Å²) in [7, 11) is 0. The number of benzene rings is 3. The Balaban J connectivity index is 2.14. The van der Waals surface area contributed by atoms with Gasteiger partial charge in [-0.25, -0.2) is 0 Å². The predicted molar refractivity (Wildman–Crippen MR) is 110 cm³/mol. The molecule has 3 aromatic rings. The topological polar surface area (TPSA) is 0 Å². The van der Waals surface area contributed by atoms with Crippen molar-refractivity contribution < 1.29 is 0 Å². The normalized spacial score (nSPS) is 14.6. The molecule has 128 valence electrons. The maximum Gasteiger partial charge on any atom is 0.0159 e. The van der Waals surface area contributed by atoms with Crippen molar-refractivity contribution in [3.8, 4) is 11.1 Å². The van der Waals surface area contributed by atoms with Crippen molar-refractivity contribution >= 4 is 10.8 Å². The molecular weight excluding hydrogens is 300 g/mol. The molecule has 0 heteroatoms. The molecule has 0 aromatic heterocycles. The molecule has 0 bridgehead atoms. The van der Waals surface area contributed by atoms with Gasteiger partial charge in [0.2, 0.25) is 0 Å². The van der Waals surface area contributed by atoms with Gasteiger partial charge in [0.25, 0.3) is 0 Å². The quantitative estimate of drug-likeness (QED) is 0.480. The summed E-state index contributed by atoms with van der Waals surface area (Å²) in [4.78, 5) is 0. The van der Waals surface area contributed by atoms with E-state index in [0.29, 0.717) is 0 Å². The molecule has 0 radical (unpaired) electrons. The van der Waals surface area contributed by atoms with Gasteiger partial charge in [0.15, 0.2) is 0 Å². The van der Waals surface area contributed by atoms with Gasteiger partial charge in [-0.1, -0.05) is 64.1 Å². The van der Waals surface area contributed by atoms with Crippen LogP contribution in [-0.4, -0.2) is 0 Å². The summed E-state index contributed by atoms with van der Waals surface area (Å²) in [6.45, 7) is 13.8. The Kier molecular flexibility index (Phi) is 3.58. The molecule has 0 spiro atoms. The van der Waals surface area contributed by atoms with Crippen LogP contribution in [0.2, 0.25) is 0 Å². The lowest BCUT2D eigenvalue weighted by atomic mass is 9.80. The zero-order chi connectivity index (χ0) is 17.9. The molecule has 0 aliphatic heterocycles. The van der Waals surface area contributed by atoms with Crippen molar-refractivity contribution in [1.29, 1.82) is 0 Å². The summed E-state index contributed by atoms with van der Waals surface area (Å²) < 4.78 is 0. The lowest BCUT2D eigenvalue weighted by Crippen LogP contribution is -2.15. The van der Waals surface area contributed by atoms with Gasteiger partial charge in [-0.15, -0.1) is 0 Å². The minimum Gasteiger partial charge on any atom is -0.0613 e. The molecule has 0 unspecified atom stereocenters. The van der Waals surface area contributed by atoms with E-state index in [1.165, 1.54) is 55.3 Å². The number of aryl methyl sites for hydroxylation is 4. The van der Waals surface area contributed by atoms with Crippen LogP contribution in [0.4, 0.5) is 0 Å². The second-order valence-corrected chi connectivity index (χ2v) is 8.15. The molecule has 4 rings (SSSR count). The van der Waals surface area contributed by atoms with Crippen molar-refractivity contribution in [3.05, 3.63) is 69.8 Å². The van der Waals surface area contributed by atoms with Crippen molar-refractivity contribution in [2.75, 3.05) is 0 Å². The molecule has 0 fully saturated rings. The lowest BCUT2D eigenvalue weighted by Gasteiger charge is -2.23. The zero-order valence-corrected chi connectivity index (χ0v) is 16.4. The number of hydrogen-bond acceptors (Lipinski definition) is 0. The van der Waals surface area contributed by atoms with Gasteiger partial charge >= 0.3 is 0 Å². The van der Waals surface area contributed by atoms with E-state index < -0.39 is 0 Å². The molecule has 25 heavy (non-hydrogen) atoms. The summed E-state index contributed by atoms with van der Waals surface area (Å²) >= 11 is 0. The van der Waals surface area contributed by atoms with Crippen LogP contribution in [-0.2, 0) is 18.3 Å². The highest BCUT2D eigenvalue weighted by molar-refractivity contribution is 6.04. The van der Waals surface area contributed by atoms with Crippen LogP contribution in [0, 0.1) is 13.8 Å². The number of fused-ring (bicyclic) bond motifs is 5. The van der Waals surface area contributed by atoms with Crippen LogP contribution < -0.4 is 0 Å². The van der Waals surface area contributed by atoms with Crippen molar-refractivity contribution in [2.24, 2.45) is 0 Å². The maximum atomic E-state index is 2.46. The molecule has 0 heterocycles. The fourth-order valence-corrected chi connectivity index (χ4v) is 4.65. The molecule has 1 aliphatic carbocycles. The Hall–Kier alpha value is -2.08. The third-order valence-electron chi connectivity index (χ3n) is 6.29. The predicted octanol–water partition coefficient (Wildman–Crippen LogP) is 6.89. The molecular formula is C25H28. The minimum atomic E-state index is 0.0735. The van der Waals surface area contributed by atoms with Gasteiger partial charge in [-0.3, -0.25) is 0 Å². The van der Waals surface area contributed by atoms with E-state index >= 15 is 0 Å². The molecule has 0 atom stereocenters. The fourth-order valence-electron chi connectivity index (χ4n) is 4.65. The van der Waals surface area contributed by atoms with Gasteiger partial charge in [0, 0.05) is 5.41 Å². The van der Waals surface area contributed by atoms with Crippen molar-refractivity contribution in [2.45, 2.75) is 59.8 Å². The Morgan fingerprint density at radius 1 is 0.760 bits per heavy atom. The summed E-state index contributed by atoms with van der Waals surface area (Å²) in [5.74, 6) is 0. The van der Waals surface area contributed by atoms with E-state index in [0.717, 1.165) is 12.8 Å². The standard InChI is InChI=1S/C25H28/c1-7-17-9-10-19-20(13-17)16(4)12-23-24(19)21-14-18(8-2)15(3)11-22(21)25(23,5)6/h9-14H,7-8H2,1-6H3. The Bertz CT molecular complexity index is 1000. The third-order valence-corrected chi connectivity index (χ3v) is 6.29. The van der Waals surface area contributed by atoms with E-state index in [1.807, 2.05) is 0 Å². The smallest absolute Gasteiger partial charge is 0.0159 e. The highest BCUT2D eigenvalue weighted by Gasteiger charge is 2.37. The second-order valence-electron chi connectivity index (χ2n) is 8.15. The summed E-state index contributed by atoms with van der Waals surface area (Å²) in [5, 5.41) is 2.84. The molecule has 3 aromatic carbocycles. The molecule has 1 aliphatic rings. The van der Waals surface area contributed by atoms with Gasteiger partial charge in [0.05, 0.1) is 0 Å². The van der Waals surface area contributed by atoms with E-state index in [4.69, 9.17) is 0 Å². The minimum absolute atomic E-state index is 0.0735. The monoisotopic (exact) mass is 328 g/mol. The largest absolute Gasteiger partial charge is 0.0613 e. The van der Waals surface area contributed by atoms with E-state index in [-0.39, 0.29) is 5.41 Å². The van der Waals surface area contributed by atoms with Crippen molar-refractivity contribution in [3.63, 3.8) is 0 Å². The van der Waals surface area contributed by atoms with E-state index in [2.05, 4.69) is 77.9 Å². The zero-order valence-electron chi connectivity index (χ0n) is 16.4. The molecule has 0 nitrogen and oxygen atoms in total. The average Bonchev–Trinajstić information content (AvgIpc) is 2.81. The Labute approximate surface area is 151 Å². The van der Waals surface area contributed by atoms with Crippen molar-refractivity contribution in [1.82, 2.24) is 0 Å².